The summed E-state index contributed by atoms with van der Waals surface area (Å²) in [7, 11) is 1.89. The van der Waals surface area contributed by atoms with E-state index in [9.17, 15) is 4.79 Å². The topological polar surface area (TPSA) is 73.1 Å². The lowest BCUT2D eigenvalue weighted by Crippen LogP contribution is -2.41. The van der Waals surface area contributed by atoms with E-state index < -0.39 is 0 Å². The van der Waals surface area contributed by atoms with E-state index in [0.29, 0.717) is 32.7 Å². The normalized spacial score (nSPS) is 14.8. The van der Waals surface area contributed by atoms with Crippen LogP contribution in [0.3, 0.4) is 0 Å². The van der Waals surface area contributed by atoms with Gasteiger partial charge in [-0.05, 0) is 12.1 Å². The lowest BCUT2D eigenvalue weighted by Gasteiger charge is -2.26. The summed E-state index contributed by atoms with van der Waals surface area (Å²) in [5.74, 6) is 0.0894. The predicted molar refractivity (Wildman–Crippen MR) is 92.8 cm³/mol. The average Bonchev–Trinajstić information content (AvgIpc) is 3.08. The third-order valence-corrected chi connectivity index (χ3v) is 4.36. The minimum atomic E-state index is 0.0894. The number of ether oxygens (including phenoxy) is 1. The highest BCUT2D eigenvalue weighted by molar-refractivity contribution is 5.84. The van der Waals surface area contributed by atoms with Crippen LogP contribution in [0, 0.1) is 0 Å². The number of aromatic nitrogens is 4. The molecule has 0 aromatic carbocycles. The van der Waals surface area contributed by atoms with Gasteiger partial charge in [0.1, 0.15) is 0 Å². The lowest BCUT2D eigenvalue weighted by atomic mass is 10.1. The molecule has 1 fully saturated rings. The van der Waals surface area contributed by atoms with Gasteiger partial charge in [0.2, 0.25) is 5.91 Å². The van der Waals surface area contributed by atoms with Crippen molar-refractivity contribution in [2.75, 3.05) is 26.3 Å². The standard InChI is InChI=1S/C18H19N5O2/c1-22-12-15(10-21-22)14-6-13-7-16(19-11-17(13)20-9-14)8-18(24)23-2-4-25-5-3-23/h6-7,9-12H,2-5,8H2,1H3. The molecule has 25 heavy (non-hydrogen) atoms. The van der Waals surface area contributed by atoms with Crippen molar-refractivity contribution in [2.24, 2.45) is 7.05 Å². The van der Waals surface area contributed by atoms with E-state index in [0.717, 1.165) is 27.7 Å². The first kappa shape index (κ1) is 15.7. The molecule has 0 atom stereocenters. The van der Waals surface area contributed by atoms with Gasteiger partial charge in [-0.3, -0.25) is 19.4 Å². The summed E-state index contributed by atoms with van der Waals surface area (Å²) in [6.07, 6.45) is 7.61. The molecule has 0 radical (unpaired) electrons. The highest BCUT2D eigenvalue weighted by Gasteiger charge is 2.17. The molecular formula is C18H19N5O2. The van der Waals surface area contributed by atoms with Gasteiger partial charge < -0.3 is 9.64 Å². The fourth-order valence-corrected chi connectivity index (χ4v) is 2.98. The molecule has 1 amide bonds. The summed E-state index contributed by atoms with van der Waals surface area (Å²) in [5.41, 5.74) is 3.58. The predicted octanol–water partition coefficient (Wildman–Crippen LogP) is 1.43. The maximum Gasteiger partial charge on any atom is 0.228 e. The number of hydrogen-bond donors (Lipinski definition) is 0. The summed E-state index contributed by atoms with van der Waals surface area (Å²) < 4.78 is 7.05. The number of fused-ring (bicyclic) bond motifs is 1. The van der Waals surface area contributed by atoms with Crippen LogP contribution in [0.4, 0.5) is 0 Å². The van der Waals surface area contributed by atoms with Crippen LogP contribution in [0.15, 0.2) is 36.9 Å². The monoisotopic (exact) mass is 337 g/mol. The second-order valence-electron chi connectivity index (χ2n) is 6.16. The number of rotatable bonds is 3. The van der Waals surface area contributed by atoms with Crippen LogP contribution in [-0.2, 0) is 23.0 Å². The Balaban J connectivity index is 1.59. The Bertz CT molecular complexity index is 915. The number of amides is 1. The largest absolute Gasteiger partial charge is 0.378 e. The van der Waals surface area contributed by atoms with E-state index >= 15 is 0 Å². The second kappa shape index (κ2) is 6.60. The molecule has 0 unspecified atom stereocenters. The summed E-state index contributed by atoms with van der Waals surface area (Å²) >= 11 is 0. The van der Waals surface area contributed by atoms with Crippen molar-refractivity contribution in [3.8, 4) is 11.1 Å². The van der Waals surface area contributed by atoms with Gasteiger partial charge in [-0.1, -0.05) is 0 Å². The van der Waals surface area contributed by atoms with E-state index in [1.807, 2.05) is 36.6 Å². The van der Waals surface area contributed by atoms with Crippen molar-refractivity contribution in [2.45, 2.75) is 6.42 Å². The number of morpholine rings is 1. The number of nitrogens with zero attached hydrogens (tertiary/aromatic N) is 5. The summed E-state index contributed by atoms with van der Waals surface area (Å²) in [6.45, 7) is 2.52. The maximum absolute atomic E-state index is 12.4. The molecule has 4 rings (SSSR count). The SMILES string of the molecule is Cn1cc(-c2cnc3cnc(CC(=O)N4CCOCC4)cc3c2)cn1. The molecule has 4 heterocycles. The van der Waals surface area contributed by atoms with Gasteiger partial charge in [-0.25, -0.2) is 0 Å². The van der Waals surface area contributed by atoms with E-state index in [-0.39, 0.29) is 5.91 Å². The van der Waals surface area contributed by atoms with Crippen LogP contribution < -0.4 is 0 Å². The molecule has 0 N–H and O–H groups in total. The Morgan fingerprint density at radius 2 is 1.96 bits per heavy atom. The van der Waals surface area contributed by atoms with Crippen LogP contribution in [0.2, 0.25) is 0 Å². The van der Waals surface area contributed by atoms with Crippen LogP contribution in [0.5, 0.6) is 0 Å². The van der Waals surface area contributed by atoms with Crippen LogP contribution in [-0.4, -0.2) is 56.9 Å². The minimum absolute atomic E-state index is 0.0894. The molecule has 0 saturated carbocycles. The zero-order chi connectivity index (χ0) is 17.2. The smallest absolute Gasteiger partial charge is 0.228 e. The van der Waals surface area contributed by atoms with Gasteiger partial charge in [-0.2, -0.15) is 5.10 Å². The van der Waals surface area contributed by atoms with E-state index in [1.54, 1.807) is 10.9 Å². The molecule has 3 aromatic heterocycles. The Kier molecular flexibility index (Phi) is 4.15. The van der Waals surface area contributed by atoms with E-state index in [4.69, 9.17) is 4.74 Å². The van der Waals surface area contributed by atoms with Crippen molar-refractivity contribution in [1.82, 2.24) is 24.6 Å². The first-order valence-corrected chi connectivity index (χ1v) is 8.28. The molecule has 7 heteroatoms. The molecule has 1 aliphatic rings. The quantitative estimate of drug-likeness (QED) is 0.723. The van der Waals surface area contributed by atoms with Crippen LogP contribution >= 0.6 is 0 Å². The number of pyridine rings is 2. The molecule has 7 nitrogen and oxygen atoms in total. The fourth-order valence-electron chi connectivity index (χ4n) is 2.98. The summed E-state index contributed by atoms with van der Waals surface area (Å²) in [5, 5.41) is 5.17. The Labute approximate surface area is 145 Å². The van der Waals surface area contributed by atoms with Gasteiger partial charge >= 0.3 is 0 Å². The van der Waals surface area contributed by atoms with Crippen molar-refractivity contribution >= 4 is 16.8 Å². The lowest BCUT2D eigenvalue weighted by molar-refractivity contribution is -0.134. The second-order valence-corrected chi connectivity index (χ2v) is 6.16. The highest BCUT2D eigenvalue weighted by Crippen LogP contribution is 2.22. The van der Waals surface area contributed by atoms with Crippen molar-refractivity contribution in [3.05, 3.63) is 42.6 Å². The molecule has 128 valence electrons. The molecule has 0 spiro atoms. The molecule has 0 aliphatic carbocycles. The van der Waals surface area contributed by atoms with E-state index in [2.05, 4.69) is 21.1 Å². The maximum atomic E-state index is 12.4. The third kappa shape index (κ3) is 3.36. The highest BCUT2D eigenvalue weighted by atomic mass is 16.5. The average molecular weight is 337 g/mol. The zero-order valence-electron chi connectivity index (χ0n) is 14.1. The van der Waals surface area contributed by atoms with Crippen molar-refractivity contribution in [3.63, 3.8) is 0 Å². The molecule has 1 aliphatic heterocycles. The third-order valence-electron chi connectivity index (χ3n) is 4.36. The van der Waals surface area contributed by atoms with Gasteiger partial charge in [0, 0.05) is 49.0 Å². The zero-order valence-corrected chi connectivity index (χ0v) is 14.1. The summed E-state index contributed by atoms with van der Waals surface area (Å²) in [4.78, 5) is 23.1. The Hall–Kier alpha value is -2.80. The fraction of sp³-hybridized carbons (Fsp3) is 0.333. The van der Waals surface area contributed by atoms with Gasteiger partial charge in [-0.15, -0.1) is 0 Å². The van der Waals surface area contributed by atoms with Gasteiger partial charge in [0.05, 0.1) is 43.2 Å². The van der Waals surface area contributed by atoms with Crippen molar-refractivity contribution in [1.29, 1.82) is 0 Å². The first-order chi connectivity index (χ1) is 12.2. The van der Waals surface area contributed by atoms with Crippen molar-refractivity contribution < 1.29 is 9.53 Å². The Morgan fingerprint density at radius 3 is 2.72 bits per heavy atom. The van der Waals surface area contributed by atoms with Gasteiger partial charge in [0.15, 0.2) is 0 Å². The molecule has 1 saturated heterocycles. The Morgan fingerprint density at radius 1 is 1.12 bits per heavy atom. The first-order valence-electron chi connectivity index (χ1n) is 8.28. The molecule has 0 bridgehead atoms. The van der Waals surface area contributed by atoms with Crippen LogP contribution in [0.25, 0.3) is 22.0 Å². The number of hydrogen-bond acceptors (Lipinski definition) is 5. The molecular weight excluding hydrogens is 318 g/mol. The van der Waals surface area contributed by atoms with E-state index in [1.165, 1.54) is 0 Å². The number of carbonyl (C=O) groups is 1. The van der Waals surface area contributed by atoms with Crippen LogP contribution in [0.1, 0.15) is 5.69 Å². The number of carbonyl (C=O) groups excluding carboxylic acids is 1. The summed E-state index contributed by atoms with van der Waals surface area (Å²) in [6, 6.07) is 4.00. The number of aryl methyl sites for hydroxylation is 1. The minimum Gasteiger partial charge on any atom is -0.378 e. The van der Waals surface area contributed by atoms with Gasteiger partial charge in [0.25, 0.3) is 0 Å². The molecule has 3 aromatic rings.